The Bertz CT molecular complexity index is 338. The predicted molar refractivity (Wildman–Crippen MR) is 80.7 cm³/mol. The molecule has 0 fully saturated rings. The van der Waals surface area contributed by atoms with Crippen LogP contribution in [0.25, 0.3) is 0 Å². The molecule has 0 aliphatic heterocycles. The summed E-state index contributed by atoms with van der Waals surface area (Å²) in [4.78, 5) is 11.4. The topological polar surface area (TPSA) is 55.7 Å². The summed E-state index contributed by atoms with van der Waals surface area (Å²) in [5, 5.41) is 0. The van der Waals surface area contributed by atoms with Crippen LogP contribution in [0, 0.1) is 0 Å². The van der Waals surface area contributed by atoms with Gasteiger partial charge in [0.25, 0.3) is 0 Å². The Hall–Kier alpha value is -0.710. The third kappa shape index (κ3) is 10.9. The third-order valence-electron chi connectivity index (χ3n) is 2.08. The first-order valence-electron chi connectivity index (χ1n) is 6.69. The number of esters is 1. The van der Waals surface area contributed by atoms with E-state index in [9.17, 15) is 9.00 Å². The summed E-state index contributed by atoms with van der Waals surface area (Å²) in [6, 6.07) is 0. The molecule has 0 amide bonds. The number of carbonyl (C=O) groups is 1. The second-order valence-corrected chi connectivity index (χ2v) is 8.42. The summed E-state index contributed by atoms with van der Waals surface area (Å²) < 4.78 is 20.5. The van der Waals surface area contributed by atoms with E-state index in [1.165, 1.54) is 0 Å². The molecule has 112 valence electrons. The molecule has 0 spiro atoms. The maximum absolute atomic E-state index is 11.6. The smallest absolute Gasteiger partial charge is 0.306 e. The van der Waals surface area contributed by atoms with E-state index in [2.05, 4.69) is 4.40 Å². The molecular weight excluding hydrogens is 262 g/mol. The van der Waals surface area contributed by atoms with E-state index < -0.39 is 16.6 Å². The van der Waals surface area contributed by atoms with E-state index in [1.54, 1.807) is 6.21 Å². The lowest BCUT2D eigenvalue weighted by Gasteiger charge is -2.19. The van der Waals surface area contributed by atoms with Gasteiger partial charge in [-0.2, -0.15) is 4.40 Å². The number of rotatable bonds is 6. The number of nitrogens with zero attached hydrogens (tertiary/aromatic N) is 1. The molecule has 0 aromatic heterocycles. The number of ether oxygens (including phenoxy) is 1. The summed E-state index contributed by atoms with van der Waals surface area (Å²) in [6.45, 7) is 11.3. The van der Waals surface area contributed by atoms with Gasteiger partial charge < -0.3 is 4.74 Å². The zero-order valence-corrected chi connectivity index (χ0v) is 13.8. The second kappa shape index (κ2) is 7.78. The van der Waals surface area contributed by atoms with Crippen LogP contribution in [0.2, 0.25) is 0 Å². The van der Waals surface area contributed by atoms with Crippen molar-refractivity contribution >= 4 is 23.2 Å². The van der Waals surface area contributed by atoms with Gasteiger partial charge in [0.2, 0.25) is 0 Å². The number of hydrogen-bond acceptors (Lipinski definition) is 3. The van der Waals surface area contributed by atoms with Crippen molar-refractivity contribution in [2.24, 2.45) is 4.40 Å². The zero-order valence-electron chi connectivity index (χ0n) is 13.0. The Balaban J connectivity index is 3.75. The monoisotopic (exact) mass is 289 g/mol. The molecule has 0 saturated heterocycles. The highest BCUT2D eigenvalue weighted by molar-refractivity contribution is 7.85. The molecule has 0 aromatic rings. The van der Waals surface area contributed by atoms with Crippen LogP contribution >= 0.6 is 0 Å². The van der Waals surface area contributed by atoms with Crippen molar-refractivity contribution in [3.8, 4) is 0 Å². The van der Waals surface area contributed by atoms with Crippen LogP contribution in [0.15, 0.2) is 4.40 Å². The molecular formula is C14H27NO3S. The maximum Gasteiger partial charge on any atom is 0.306 e. The normalized spacial score (nSPS) is 14.6. The van der Waals surface area contributed by atoms with E-state index in [0.717, 1.165) is 19.3 Å². The molecule has 5 heteroatoms. The summed E-state index contributed by atoms with van der Waals surface area (Å²) in [5.74, 6) is -0.164. The number of unbranched alkanes of at least 4 members (excludes halogenated alkanes) is 2. The molecule has 0 saturated carbocycles. The number of carbonyl (C=O) groups excluding carboxylic acids is 1. The molecule has 0 bridgehead atoms. The molecule has 1 atom stereocenters. The molecule has 1 unspecified atom stereocenters. The molecule has 0 aliphatic carbocycles. The molecule has 0 aromatic carbocycles. The van der Waals surface area contributed by atoms with Crippen LogP contribution in [-0.2, 0) is 20.5 Å². The minimum absolute atomic E-state index is 0.164. The van der Waals surface area contributed by atoms with E-state index in [4.69, 9.17) is 4.74 Å². The molecule has 0 N–H and O–H groups in total. The summed E-state index contributed by atoms with van der Waals surface area (Å²) in [5.41, 5.74) is -0.415. The molecule has 0 heterocycles. The van der Waals surface area contributed by atoms with Gasteiger partial charge in [-0.25, -0.2) is 4.21 Å². The van der Waals surface area contributed by atoms with Crippen LogP contribution in [-0.4, -0.2) is 26.7 Å². The molecule has 0 aliphatic rings. The third-order valence-corrected chi connectivity index (χ3v) is 3.47. The van der Waals surface area contributed by atoms with Gasteiger partial charge in [0.05, 0.1) is 4.75 Å². The van der Waals surface area contributed by atoms with Gasteiger partial charge in [-0.1, -0.05) is 0 Å². The van der Waals surface area contributed by atoms with Crippen LogP contribution in [0.5, 0.6) is 0 Å². The van der Waals surface area contributed by atoms with Gasteiger partial charge in [-0.05, 0) is 60.8 Å². The Morgan fingerprint density at radius 2 is 1.74 bits per heavy atom. The molecule has 19 heavy (non-hydrogen) atoms. The summed E-state index contributed by atoms with van der Waals surface area (Å²) >= 11 is 0. The SMILES string of the molecule is CC(C)(C)OC(=O)CCCCC=NS(=O)C(C)(C)C. The van der Waals surface area contributed by atoms with Gasteiger partial charge in [-0.3, -0.25) is 4.79 Å². The largest absolute Gasteiger partial charge is 0.460 e. The van der Waals surface area contributed by atoms with Crippen molar-refractivity contribution < 1.29 is 13.7 Å². The quantitative estimate of drug-likeness (QED) is 0.427. The van der Waals surface area contributed by atoms with Crippen LogP contribution in [0.3, 0.4) is 0 Å². The first-order chi connectivity index (χ1) is 8.52. The van der Waals surface area contributed by atoms with Gasteiger partial charge in [-0.15, -0.1) is 0 Å². The fourth-order valence-corrected chi connectivity index (χ4v) is 1.73. The fourth-order valence-electron chi connectivity index (χ4n) is 1.18. The predicted octanol–water partition coefficient (Wildman–Crippen LogP) is 3.42. The molecule has 0 radical (unpaired) electrons. The van der Waals surface area contributed by atoms with Crippen molar-refractivity contribution in [3.05, 3.63) is 0 Å². The van der Waals surface area contributed by atoms with Gasteiger partial charge in [0.1, 0.15) is 16.6 Å². The van der Waals surface area contributed by atoms with Gasteiger partial charge in [0.15, 0.2) is 0 Å². The van der Waals surface area contributed by atoms with Crippen molar-refractivity contribution in [1.29, 1.82) is 0 Å². The van der Waals surface area contributed by atoms with Crippen LogP contribution in [0.1, 0.15) is 67.2 Å². The summed E-state index contributed by atoms with van der Waals surface area (Å²) in [6.07, 6.45) is 4.47. The highest BCUT2D eigenvalue weighted by Crippen LogP contribution is 2.12. The van der Waals surface area contributed by atoms with Crippen molar-refractivity contribution in [3.63, 3.8) is 0 Å². The van der Waals surface area contributed by atoms with E-state index in [0.29, 0.717) is 6.42 Å². The average Bonchev–Trinajstić information content (AvgIpc) is 2.18. The zero-order chi connectivity index (χ0) is 15.1. The fraction of sp³-hybridized carbons (Fsp3) is 0.857. The Morgan fingerprint density at radius 3 is 2.21 bits per heavy atom. The maximum atomic E-state index is 11.6. The van der Waals surface area contributed by atoms with E-state index in [-0.39, 0.29) is 10.7 Å². The molecule has 4 nitrogen and oxygen atoms in total. The standard InChI is InChI=1S/C14H27NO3S/c1-13(2,3)18-12(16)10-8-7-9-11-15-19(17)14(4,5)6/h11H,7-10H2,1-6H3. The lowest BCUT2D eigenvalue weighted by atomic mass is 10.1. The first-order valence-corrected chi connectivity index (χ1v) is 7.79. The van der Waals surface area contributed by atoms with Crippen molar-refractivity contribution in [2.45, 2.75) is 77.6 Å². The lowest BCUT2D eigenvalue weighted by Crippen LogP contribution is -2.23. The molecule has 0 rings (SSSR count). The van der Waals surface area contributed by atoms with Crippen LogP contribution in [0.4, 0.5) is 0 Å². The van der Waals surface area contributed by atoms with Gasteiger partial charge in [0, 0.05) is 12.6 Å². The highest BCUT2D eigenvalue weighted by Gasteiger charge is 2.18. The average molecular weight is 289 g/mol. The highest BCUT2D eigenvalue weighted by atomic mass is 32.2. The van der Waals surface area contributed by atoms with Crippen molar-refractivity contribution in [1.82, 2.24) is 0 Å². The van der Waals surface area contributed by atoms with E-state index >= 15 is 0 Å². The van der Waals surface area contributed by atoms with Crippen molar-refractivity contribution in [2.75, 3.05) is 0 Å². The minimum atomic E-state index is -1.19. The second-order valence-electron chi connectivity index (χ2n) is 6.48. The Labute approximate surface area is 119 Å². The number of hydrogen-bond donors (Lipinski definition) is 0. The van der Waals surface area contributed by atoms with Crippen LogP contribution < -0.4 is 0 Å². The summed E-state index contributed by atoms with van der Waals surface area (Å²) in [7, 11) is -1.19. The van der Waals surface area contributed by atoms with E-state index in [1.807, 2.05) is 41.5 Å². The Kier molecular flexibility index (Phi) is 7.49. The minimum Gasteiger partial charge on any atom is -0.460 e. The lowest BCUT2D eigenvalue weighted by molar-refractivity contribution is -0.154. The Morgan fingerprint density at radius 1 is 1.16 bits per heavy atom. The first kappa shape index (κ1) is 18.3. The van der Waals surface area contributed by atoms with Gasteiger partial charge >= 0.3 is 5.97 Å².